The second kappa shape index (κ2) is 14.4. The van der Waals surface area contributed by atoms with Gasteiger partial charge in [0, 0.05) is 34.6 Å². The molecule has 7 aromatic carbocycles. The third kappa shape index (κ3) is 6.42. The van der Waals surface area contributed by atoms with Gasteiger partial charge in [-0.25, -0.2) is 4.98 Å². The van der Waals surface area contributed by atoms with E-state index in [-0.39, 0.29) is 0 Å². The second-order valence-electron chi connectivity index (χ2n) is 14.1. The van der Waals surface area contributed by atoms with E-state index in [4.69, 9.17) is 15.0 Å². The molecule has 10 aromatic rings. The summed E-state index contributed by atoms with van der Waals surface area (Å²) < 4.78 is 0. The summed E-state index contributed by atoms with van der Waals surface area (Å²) in [5.41, 5.74) is 14.6. The topological polar surface area (TPSA) is 38.7 Å². The van der Waals surface area contributed by atoms with E-state index in [9.17, 15) is 0 Å². The normalized spacial score (nSPS) is 11.2. The van der Waals surface area contributed by atoms with Crippen LogP contribution in [0.3, 0.4) is 0 Å². The van der Waals surface area contributed by atoms with Crippen molar-refractivity contribution in [1.82, 2.24) is 15.0 Å². The maximum Gasteiger partial charge on any atom is 0.0715 e. The molecule has 0 N–H and O–H groups in total. The van der Waals surface area contributed by atoms with Crippen LogP contribution in [0.5, 0.6) is 0 Å². The maximum absolute atomic E-state index is 5.43. The van der Waals surface area contributed by atoms with E-state index in [1.54, 1.807) is 0 Å². The highest BCUT2D eigenvalue weighted by Gasteiger charge is 2.15. The molecule has 0 spiro atoms. The molecular weight excluding hydrogens is 679 g/mol. The number of aromatic nitrogens is 3. The van der Waals surface area contributed by atoms with Gasteiger partial charge in [0.15, 0.2) is 0 Å². The molecule has 3 aromatic heterocycles. The Morgan fingerprint density at radius 3 is 1.14 bits per heavy atom. The Morgan fingerprint density at radius 2 is 0.643 bits per heavy atom. The van der Waals surface area contributed by atoms with Crippen LogP contribution in [-0.4, -0.2) is 15.0 Å². The first kappa shape index (κ1) is 33.1. The highest BCUT2D eigenvalue weighted by molar-refractivity contribution is 5.98. The molecule has 0 aliphatic rings. The molecule has 3 heteroatoms. The van der Waals surface area contributed by atoms with Gasteiger partial charge in [-0.1, -0.05) is 133 Å². The zero-order chi connectivity index (χ0) is 37.3. The van der Waals surface area contributed by atoms with Crippen molar-refractivity contribution in [2.45, 2.75) is 0 Å². The number of fused-ring (bicyclic) bond motifs is 2. The van der Waals surface area contributed by atoms with E-state index in [1.807, 2.05) is 36.7 Å². The van der Waals surface area contributed by atoms with Gasteiger partial charge in [-0.15, -0.1) is 0 Å². The standard InChI is InChI=1S/C53H35N3/c1-3-21-46-36(13-1)15-11-23-48(46)38-17-9-19-40(29-38)52-34-43(42-31-44(50-25-5-7-27-54-50)33-45(32-42)51-26-6-8-28-55-51)35-53(56-52)41-20-10-18-39(30-41)49-24-12-16-37-14-2-4-22-47(37)49/h1-35H. The zero-order valence-corrected chi connectivity index (χ0v) is 30.5. The van der Waals surface area contributed by atoms with Crippen molar-refractivity contribution in [2.75, 3.05) is 0 Å². The Morgan fingerprint density at radius 1 is 0.250 bits per heavy atom. The molecule has 0 radical (unpaired) electrons. The highest BCUT2D eigenvalue weighted by Crippen LogP contribution is 2.38. The van der Waals surface area contributed by atoms with Crippen molar-refractivity contribution in [2.24, 2.45) is 0 Å². The average Bonchev–Trinajstić information content (AvgIpc) is 3.29. The number of rotatable bonds is 7. The van der Waals surface area contributed by atoms with E-state index in [0.717, 1.165) is 67.3 Å². The largest absolute Gasteiger partial charge is 0.256 e. The van der Waals surface area contributed by atoms with E-state index in [1.165, 1.54) is 32.7 Å². The van der Waals surface area contributed by atoms with Crippen LogP contribution >= 0.6 is 0 Å². The van der Waals surface area contributed by atoms with Gasteiger partial charge in [-0.2, -0.15) is 0 Å². The van der Waals surface area contributed by atoms with Crippen LogP contribution in [0.1, 0.15) is 0 Å². The Hall–Kier alpha value is -7.49. The molecule has 56 heavy (non-hydrogen) atoms. The quantitative estimate of drug-likeness (QED) is 0.165. The van der Waals surface area contributed by atoms with Gasteiger partial charge in [0.2, 0.25) is 0 Å². The summed E-state index contributed by atoms with van der Waals surface area (Å²) in [5, 5.41) is 4.90. The fraction of sp³-hybridized carbons (Fsp3) is 0. The van der Waals surface area contributed by atoms with Crippen molar-refractivity contribution in [3.63, 3.8) is 0 Å². The third-order valence-corrected chi connectivity index (χ3v) is 10.5. The fourth-order valence-electron chi connectivity index (χ4n) is 7.80. The van der Waals surface area contributed by atoms with Gasteiger partial charge in [0.25, 0.3) is 0 Å². The Kier molecular flexibility index (Phi) is 8.51. The predicted octanol–water partition coefficient (Wildman–Crippen LogP) is 13.8. The summed E-state index contributed by atoms with van der Waals surface area (Å²) in [7, 11) is 0. The summed E-state index contributed by atoms with van der Waals surface area (Å²) in [6, 6.07) is 70.9. The molecule has 0 unspecified atom stereocenters. The minimum atomic E-state index is 0.901. The lowest BCUT2D eigenvalue weighted by Crippen LogP contribution is -1.94. The van der Waals surface area contributed by atoms with E-state index in [0.29, 0.717) is 0 Å². The van der Waals surface area contributed by atoms with Crippen molar-refractivity contribution in [1.29, 1.82) is 0 Å². The van der Waals surface area contributed by atoms with Gasteiger partial charge >= 0.3 is 0 Å². The van der Waals surface area contributed by atoms with Gasteiger partial charge in [0.05, 0.1) is 22.8 Å². The molecule has 262 valence electrons. The second-order valence-corrected chi connectivity index (χ2v) is 14.1. The number of pyridine rings is 3. The summed E-state index contributed by atoms with van der Waals surface area (Å²) in [4.78, 5) is 14.9. The van der Waals surface area contributed by atoms with Gasteiger partial charge in [-0.05, 0) is 122 Å². The summed E-state index contributed by atoms with van der Waals surface area (Å²) in [6.07, 6.45) is 3.69. The lowest BCUT2D eigenvalue weighted by atomic mass is 9.93. The van der Waals surface area contributed by atoms with Crippen LogP contribution in [-0.2, 0) is 0 Å². The van der Waals surface area contributed by atoms with Crippen molar-refractivity contribution in [3.8, 4) is 78.4 Å². The minimum absolute atomic E-state index is 0.901. The summed E-state index contributed by atoms with van der Waals surface area (Å²) in [5.74, 6) is 0. The van der Waals surface area contributed by atoms with E-state index in [2.05, 4.69) is 176 Å². The smallest absolute Gasteiger partial charge is 0.0715 e. The number of nitrogens with zero attached hydrogens (tertiary/aromatic N) is 3. The molecule has 3 heterocycles. The molecule has 0 amide bonds. The first-order chi connectivity index (χ1) is 27.7. The van der Waals surface area contributed by atoms with Crippen molar-refractivity contribution >= 4 is 21.5 Å². The first-order valence-corrected chi connectivity index (χ1v) is 18.9. The van der Waals surface area contributed by atoms with Crippen molar-refractivity contribution < 1.29 is 0 Å². The van der Waals surface area contributed by atoms with Crippen LogP contribution in [0.25, 0.3) is 100.0 Å². The van der Waals surface area contributed by atoms with E-state index < -0.39 is 0 Å². The Labute approximate surface area is 326 Å². The fourth-order valence-corrected chi connectivity index (χ4v) is 7.80. The third-order valence-electron chi connectivity index (χ3n) is 10.5. The lowest BCUT2D eigenvalue weighted by Gasteiger charge is -2.15. The maximum atomic E-state index is 5.43. The van der Waals surface area contributed by atoms with Crippen LogP contribution in [0.2, 0.25) is 0 Å². The molecule has 0 atom stereocenters. The molecule has 0 saturated carbocycles. The molecule has 0 aliphatic heterocycles. The van der Waals surface area contributed by atoms with Gasteiger partial charge in [-0.3, -0.25) is 9.97 Å². The van der Waals surface area contributed by atoms with Crippen LogP contribution in [0.15, 0.2) is 213 Å². The molecule has 0 bridgehead atoms. The van der Waals surface area contributed by atoms with Crippen LogP contribution in [0, 0.1) is 0 Å². The Balaban J connectivity index is 1.18. The van der Waals surface area contributed by atoms with Crippen LogP contribution in [0.4, 0.5) is 0 Å². The predicted molar refractivity (Wildman–Crippen MR) is 233 cm³/mol. The number of benzene rings is 7. The Bertz CT molecular complexity index is 2820. The van der Waals surface area contributed by atoms with Crippen molar-refractivity contribution in [3.05, 3.63) is 213 Å². The van der Waals surface area contributed by atoms with Gasteiger partial charge < -0.3 is 0 Å². The van der Waals surface area contributed by atoms with Crippen LogP contribution < -0.4 is 0 Å². The monoisotopic (exact) mass is 713 g/mol. The summed E-state index contributed by atoms with van der Waals surface area (Å²) >= 11 is 0. The summed E-state index contributed by atoms with van der Waals surface area (Å²) in [6.45, 7) is 0. The molecule has 10 rings (SSSR count). The molecule has 3 nitrogen and oxygen atoms in total. The molecule has 0 fully saturated rings. The number of hydrogen-bond acceptors (Lipinski definition) is 3. The highest BCUT2D eigenvalue weighted by atomic mass is 14.7. The molecule has 0 saturated heterocycles. The molecule has 0 aliphatic carbocycles. The number of hydrogen-bond donors (Lipinski definition) is 0. The lowest BCUT2D eigenvalue weighted by molar-refractivity contribution is 1.30. The van der Waals surface area contributed by atoms with Gasteiger partial charge in [0.1, 0.15) is 0 Å². The van der Waals surface area contributed by atoms with E-state index >= 15 is 0 Å². The first-order valence-electron chi connectivity index (χ1n) is 18.9. The SMILES string of the molecule is c1ccc(-c2cc(-c3cc(-c4cccc(-c5cccc6ccccc56)c4)nc(-c4cccc(-c5cccc6ccccc56)c4)c3)cc(-c3ccccn3)c2)nc1. The molecular formula is C53H35N3. The minimum Gasteiger partial charge on any atom is -0.256 e. The zero-order valence-electron chi connectivity index (χ0n) is 30.5. The average molecular weight is 714 g/mol.